The Labute approximate surface area is 186 Å². The second-order valence-corrected chi connectivity index (χ2v) is 8.91. The summed E-state index contributed by atoms with van der Waals surface area (Å²) in [4.78, 5) is 31.4. The van der Waals surface area contributed by atoms with Gasteiger partial charge in [0.1, 0.15) is 10.6 Å². The van der Waals surface area contributed by atoms with Crippen molar-refractivity contribution in [2.75, 3.05) is 18.0 Å². The molecule has 0 bridgehead atoms. The van der Waals surface area contributed by atoms with Crippen molar-refractivity contribution in [1.29, 1.82) is 5.26 Å². The van der Waals surface area contributed by atoms with Gasteiger partial charge in [0.15, 0.2) is 0 Å². The number of benzene rings is 1. The molecule has 1 aliphatic rings. The monoisotopic (exact) mass is 443 g/mol. The van der Waals surface area contributed by atoms with Gasteiger partial charge in [0.05, 0.1) is 17.3 Å². The first-order valence-electron chi connectivity index (χ1n) is 10.1. The van der Waals surface area contributed by atoms with Crippen molar-refractivity contribution in [1.82, 2.24) is 14.9 Å². The highest BCUT2D eigenvalue weighted by molar-refractivity contribution is 6.32. The maximum absolute atomic E-state index is 12.7. The van der Waals surface area contributed by atoms with Crippen LogP contribution in [0.4, 0.5) is 10.7 Å². The fourth-order valence-electron chi connectivity index (χ4n) is 3.44. The van der Waals surface area contributed by atoms with Crippen molar-refractivity contribution in [3.05, 3.63) is 45.2 Å². The van der Waals surface area contributed by atoms with E-state index in [0.29, 0.717) is 48.7 Å². The van der Waals surface area contributed by atoms with Crippen molar-refractivity contribution in [3.63, 3.8) is 0 Å². The van der Waals surface area contributed by atoms with Crippen LogP contribution in [0.3, 0.4) is 0 Å². The van der Waals surface area contributed by atoms with Crippen molar-refractivity contribution in [2.24, 2.45) is 7.05 Å². The molecule has 0 saturated carbocycles. The minimum absolute atomic E-state index is 0.00609. The van der Waals surface area contributed by atoms with Crippen LogP contribution in [0.1, 0.15) is 39.2 Å². The number of anilines is 1. The van der Waals surface area contributed by atoms with Crippen LogP contribution in [0.2, 0.25) is 5.02 Å². The van der Waals surface area contributed by atoms with Crippen molar-refractivity contribution >= 4 is 23.6 Å². The molecule has 0 unspecified atom stereocenters. The molecule has 0 radical (unpaired) electrons. The van der Waals surface area contributed by atoms with E-state index in [9.17, 15) is 9.59 Å². The second kappa shape index (κ2) is 8.98. The summed E-state index contributed by atoms with van der Waals surface area (Å²) in [5.74, 6) is 0.518. The molecular weight excluding hydrogens is 418 g/mol. The maximum Gasteiger partial charge on any atom is 0.407 e. The Hall–Kier alpha value is -3.05. The fourth-order valence-corrected chi connectivity index (χ4v) is 3.72. The van der Waals surface area contributed by atoms with E-state index in [4.69, 9.17) is 21.6 Å². The number of nitrogens with zero attached hydrogens (tertiary/aromatic N) is 4. The van der Waals surface area contributed by atoms with Crippen LogP contribution < -0.4 is 15.8 Å². The zero-order chi connectivity index (χ0) is 22.8. The van der Waals surface area contributed by atoms with E-state index >= 15 is 0 Å². The Bertz CT molecular complexity index is 1060. The molecule has 1 aliphatic heterocycles. The third kappa shape index (κ3) is 5.36. The number of rotatable bonds is 3. The maximum atomic E-state index is 12.7. The van der Waals surface area contributed by atoms with E-state index in [0.717, 1.165) is 0 Å². The molecule has 8 nitrogen and oxygen atoms in total. The molecule has 2 aromatic rings. The topological polar surface area (TPSA) is 100 Å². The van der Waals surface area contributed by atoms with Gasteiger partial charge in [-0.3, -0.25) is 9.36 Å². The lowest BCUT2D eigenvalue weighted by Crippen LogP contribution is -2.47. The van der Waals surface area contributed by atoms with Crippen LogP contribution in [-0.2, 0) is 11.8 Å². The summed E-state index contributed by atoms with van der Waals surface area (Å²) in [6.45, 7) is 6.72. The molecule has 0 atom stereocenters. The van der Waals surface area contributed by atoms with E-state index in [1.165, 1.54) is 4.57 Å². The standard InChI is InChI=1S/C22H26ClN5O3/c1-22(2,3)31-21(30)25-16-9-11-28(12-10-16)20-26-18(17(23)19(29)27(20)4)15-7-5-14(13-24)6-8-15/h5-8,16H,9-12H2,1-4H3,(H,25,30). The normalized spacial score (nSPS) is 14.8. The van der Waals surface area contributed by atoms with Crippen molar-refractivity contribution < 1.29 is 9.53 Å². The molecule has 1 fully saturated rings. The molecule has 9 heteroatoms. The first kappa shape index (κ1) is 22.6. The van der Waals surface area contributed by atoms with Gasteiger partial charge in [-0.05, 0) is 45.7 Å². The summed E-state index contributed by atoms with van der Waals surface area (Å²) in [7, 11) is 1.64. The smallest absolute Gasteiger partial charge is 0.407 e. The first-order valence-corrected chi connectivity index (χ1v) is 10.5. The number of carbonyl (C=O) groups excluding carboxylic acids is 1. The van der Waals surface area contributed by atoms with Crippen LogP contribution in [0.15, 0.2) is 29.1 Å². The minimum Gasteiger partial charge on any atom is -0.444 e. The van der Waals surface area contributed by atoms with Gasteiger partial charge < -0.3 is 15.0 Å². The number of alkyl carbamates (subject to hydrolysis) is 1. The summed E-state index contributed by atoms with van der Waals surface area (Å²) >= 11 is 6.31. The number of halogens is 1. The van der Waals surface area contributed by atoms with Gasteiger partial charge in [-0.25, -0.2) is 9.78 Å². The van der Waals surface area contributed by atoms with E-state index in [-0.39, 0.29) is 16.6 Å². The van der Waals surface area contributed by atoms with Gasteiger partial charge in [0, 0.05) is 31.7 Å². The van der Waals surface area contributed by atoms with Gasteiger partial charge >= 0.3 is 6.09 Å². The average Bonchev–Trinajstić information content (AvgIpc) is 2.72. The number of piperidine rings is 1. The number of hydrogen-bond donors (Lipinski definition) is 1. The highest BCUT2D eigenvalue weighted by Gasteiger charge is 2.26. The molecule has 1 aromatic heterocycles. The molecule has 1 aromatic carbocycles. The second-order valence-electron chi connectivity index (χ2n) is 8.54. The SMILES string of the molecule is Cn1c(N2CCC(NC(=O)OC(C)(C)C)CC2)nc(-c2ccc(C#N)cc2)c(Cl)c1=O. The summed E-state index contributed by atoms with van der Waals surface area (Å²) in [6.07, 6.45) is 0.972. The quantitative estimate of drug-likeness (QED) is 0.779. The Morgan fingerprint density at radius 1 is 1.26 bits per heavy atom. The number of amides is 1. The third-order valence-corrected chi connectivity index (χ3v) is 5.34. The molecule has 1 saturated heterocycles. The Morgan fingerprint density at radius 3 is 2.42 bits per heavy atom. The highest BCUT2D eigenvalue weighted by atomic mass is 35.5. The van der Waals surface area contributed by atoms with E-state index < -0.39 is 11.7 Å². The van der Waals surface area contributed by atoms with Gasteiger partial charge in [-0.1, -0.05) is 23.7 Å². The molecule has 31 heavy (non-hydrogen) atoms. The summed E-state index contributed by atoms with van der Waals surface area (Å²) in [5, 5.41) is 11.9. The lowest BCUT2D eigenvalue weighted by atomic mass is 10.1. The zero-order valence-corrected chi connectivity index (χ0v) is 18.9. The van der Waals surface area contributed by atoms with Gasteiger partial charge in [-0.2, -0.15) is 5.26 Å². The van der Waals surface area contributed by atoms with Crippen LogP contribution in [0.5, 0.6) is 0 Å². The van der Waals surface area contributed by atoms with Crippen LogP contribution in [-0.4, -0.2) is 40.4 Å². The number of ether oxygens (including phenoxy) is 1. The molecule has 0 spiro atoms. The molecule has 2 heterocycles. The Balaban J connectivity index is 1.78. The van der Waals surface area contributed by atoms with E-state index in [1.54, 1.807) is 31.3 Å². The molecular formula is C22H26ClN5O3. The number of aromatic nitrogens is 2. The van der Waals surface area contributed by atoms with Gasteiger partial charge in [0.2, 0.25) is 5.95 Å². The van der Waals surface area contributed by atoms with Gasteiger partial charge in [0.25, 0.3) is 5.56 Å². The van der Waals surface area contributed by atoms with Crippen LogP contribution in [0.25, 0.3) is 11.3 Å². The van der Waals surface area contributed by atoms with Crippen LogP contribution >= 0.6 is 11.6 Å². The van der Waals surface area contributed by atoms with Crippen molar-refractivity contribution in [3.8, 4) is 17.3 Å². The lowest BCUT2D eigenvalue weighted by Gasteiger charge is -2.34. The molecule has 1 amide bonds. The summed E-state index contributed by atoms with van der Waals surface area (Å²) in [5.41, 5.74) is 0.698. The lowest BCUT2D eigenvalue weighted by molar-refractivity contribution is 0.0497. The number of nitrogens with one attached hydrogen (secondary N) is 1. The molecule has 1 N–H and O–H groups in total. The largest absolute Gasteiger partial charge is 0.444 e. The number of carbonyl (C=O) groups is 1. The molecule has 0 aliphatic carbocycles. The molecule has 164 valence electrons. The zero-order valence-electron chi connectivity index (χ0n) is 18.1. The number of nitriles is 1. The predicted octanol–water partition coefficient (Wildman–Crippen LogP) is 3.47. The Kier molecular flexibility index (Phi) is 6.56. The minimum atomic E-state index is -0.544. The average molecular weight is 444 g/mol. The Morgan fingerprint density at radius 2 is 1.87 bits per heavy atom. The van der Waals surface area contributed by atoms with Gasteiger partial charge in [-0.15, -0.1) is 0 Å². The third-order valence-electron chi connectivity index (χ3n) is 5.00. The first-order chi connectivity index (χ1) is 14.6. The van der Waals surface area contributed by atoms with Crippen LogP contribution in [0, 0.1) is 11.3 Å². The molecule has 3 rings (SSSR count). The number of hydrogen-bond acceptors (Lipinski definition) is 6. The summed E-state index contributed by atoms with van der Waals surface area (Å²) < 4.78 is 6.77. The fraction of sp³-hybridized carbons (Fsp3) is 0.455. The summed E-state index contributed by atoms with van der Waals surface area (Å²) in [6, 6.07) is 8.85. The predicted molar refractivity (Wildman–Crippen MR) is 119 cm³/mol. The van der Waals surface area contributed by atoms with E-state index in [1.807, 2.05) is 25.7 Å². The highest BCUT2D eigenvalue weighted by Crippen LogP contribution is 2.27. The van der Waals surface area contributed by atoms with E-state index in [2.05, 4.69) is 16.4 Å². The van der Waals surface area contributed by atoms with Crippen molar-refractivity contribution in [2.45, 2.75) is 45.3 Å².